The fraction of sp³-hybridized carbons (Fsp3) is 0.636. The average molecular weight is 240 g/mol. The summed E-state index contributed by atoms with van der Waals surface area (Å²) in [6.07, 6.45) is 2.94. The number of aryl methyl sites for hydroxylation is 2. The number of aromatic nitrogens is 2. The third-order valence-electron chi connectivity index (χ3n) is 2.31. The van der Waals surface area contributed by atoms with E-state index < -0.39 is 5.91 Å². The second-order valence-corrected chi connectivity index (χ2v) is 3.82. The molecule has 0 bridgehead atoms. The van der Waals surface area contributed by atoms with Gasteiger partial charge in [-0.1, -0.05) is 6.92 Å². The van der Waals surface area contributed by atoms with E-state index in [0.29, 0.717) is 13.2 Å². The molecule has 6 nitrogen and oxygen atoms in total. The van der Waals surface area contributed by atoms with Crippen LogP contribution in [0, 0.1) is 0 Å². The van der Waals surface area contributed by atoms with Gasteiger partial charge in [-0.25, -0.2) is 0 Å². The number of nitrogens with zero attached hydrogens (tertiary/aromatic N) is 2. The molecule has 0 aliphatic carbocycles. The van der Waals surface area contributed by atoms with Crippen molar-refractivity contribution in [2.75, 3.05) is 19.8 Å². The average Bonchev–Trinajstić information content (AvgIpc) is 2.63. The minimum Gasteiger partial charge on any atom is -0.370 e. The highest BCUT2D eigenvalue weighted by Gasteiger charge is 2.04. The summed E-state index contributed by atoms with van der Waals surface area (Å²) in [7, 11) is 1.92. The molecule has 1 aromatic rings. The molecule has 96 valence electrons. The first-order valence-corrected chi connectivity index (χ1v) is 5.71. The molecule has 0 atom stereocenters. The van der Waals surface area contributed by atoms with Gasteiger partial charge in [0.1, 0.15) is 6.61 Å². The standard InChI is InChI=1S/C11H20N4O2/c1-3-10-9(7-15(2)14-10)6-13-4-5-17-8-11(12)16/h7,13H,3-6,8H2,1-2H3,(H2,12,16). The minimum absolute atomic E-state index is 0.0191. The van der Waals surface area contributed by atoms with Crippen LogP contribution in [0.1, 0.15) is 18.2 Å². The SMILES string of the molecule is CCc1nn(C)cc1CNCCOCC(N)=O. The molecule has 0 aromatic carbocycles. The molecule has 1 amide bonds. The van der Waals surface area contributed by atoms with E-state index in [0.717, 1.165) is 18.7 Å². The lowest BCUT2D eigenvalue weighted by Gasteiger charge is -2.04. The molecular formula is C11H20N4O2. The Balaban J connectivity index is 2.19. The molecular weight excluding hydrogens is 220 g/mol. The third-order valence-corrected chi connectivity index (χ3v) is 2.31. The summed E-state index contributed by atoms with van der Waals surface area (Å²) < 4.78 is 6.86. The Morgan fingerprint density at radius 2 is 2.41 bits per heavy atom. The zero-order valence-electron chi connectivity index (χ0n) is 10.4. The van der Waals surface area contributed by atoms with Gasteiger partial charge >= 0.3 is 0 Å². The Morgan fingerprint density at radius 3 is 3.06 bits per heavy atom. The quantitative estimate of drug-likeness (QED) is 0.604. The predicted octanol–water partition coefficient (Wildman–Crippen LogP) is -0.426. The van der Waals surface area contributed by atoms with E-state index in [-0.39, 0.29) is 6.61 Å². The molecule has 1 aromatic heterocycles. The van der Waals surface area contributed by atoms with Crippen LogP contribution in [0.15, 0.2) is 6.20 Å². The highest BCUT2D eigenvalue weighted by Crippen LogP contribution is 2.06. The van der Waals surface area contributed by atoms with E-state index in [1.165, 1.54) is 5.56 Å². The summed E-state index contributed by atoms with van der Waals surface area (Å²) in [5.41, 5.74) is 7.25. The van der Waals surface area contributed by atoms with Crippen LogP contribution in [-0.4, -0.2) is 35.4 Å². The molecule has 0 saturated heterocycles. The van der Waals surface area contributed by atoms with E-state index in [4.69, 9.17) is 10.5 Å². The van der Waals surface area contributed by atoms with Crippen LogP contribution in [0.2, 0.25) is 0 Å². The number of carbonyl (C=O) groups excluding carboxylic acids is 1. The number of hydrogen-bond acceptors (Lipinski definition) is 4. The number of primary amides is 1. The number of nitrogens with one attached hydrogen (secondary N) is 1. The first kappa shape index (κ1) is 13.7. The van der Waals surface area contributed by atoms with Gasteiger partial charge in [0.25, 0.3) is 0 Å². The maximum Gasteiger partial charge on any atom is 0.243 e. The summed E-state index contributed by atoms with van der Waals surface area (Å²) in [4.78, 5) is 10.4. The van der Waals surface area contributed by atoms with Crippen LogP contribution in [0.4, 0.5) is 0 Å². The lowest BCUT2D eigenvalue weighted by atomic mass is 10.2. The lowest BCUT2D eigenvalue weighted by Crippen LogP contribution is -2.23. The molecule has 17 heavy (non-hydrogen) atoms. The van der Waals surface area contributed by atoms with Crippen LogP contribution in [0.3, 0.4) is 0 Å². The maximum absolute atomic E-state index is 10.4. The van der Waals surface area contributed by atoms with Crippen molar-refractivity contribution in [3.8, 4) is 0 Å². The van der Waals surface area contributed by atoms with Crippen molar-refractivity contribution in [2.45, 2.75) is 19.9 Å². The normalized spacial score (nSPS) is 10.7. The number of hydrogen-bond donors (Lipinski definition) is 2. The second kappa shape index (κ2) is 7.03. The molecule has 0 radical (unpaired) electrons. The van der Waals surface area contributed by atoms with Crippen molar-refractivity contribution >= 4 is 5.91 Å². The first-order chi connectivity index (χ1) is 8.13. The van der Waals surface area contributed by atoms with Gasteiger partial charge in [0.05, 0.1) is 12.3 Å². The fourth-order valence-electron chi connectivity index (χ4n) is 1.57. The second-order valence-electron chi connectivity index (χ2n) is 3.82. The first-order valence-electron chi connectivity index (χ1n) is 5.71. The Hall–Kier alpha value is -1.40. The summed E-state index contributed by atoms with van der Waals surface area (Å²) in [5.74, 6) is -0.439. The molecule has 0 aliphatic heterocycles. The predicted molar refractivity (Wildman–Crippen MR) is 64.3 cm³/mol. The topological polar surface area (TPSA) is 82.2 Å². The molecule has 0 spiro atoms. The van der Waals surface area contributed by atoms with Gasteiger partial charge in [0, 0.05) is 31.9 Å². The van der Waals surface area contributed by atoms with Crippen LogP contribution < -0.4 is 11.1 Å². The smallest absolute Gasteiger partial charge is 0.243 e. The molecule has 0 aliphatic rings. The molecule has 0 unspecified atom stereocenters. The van der Waals surface area contributed by atoms with E-state index in [1.54, 1.807) is 0 Å². The summed E-state index contributed by atoms with van der Waals surface area (Å²) in [6, 6.07) is 0. The monoisotopic (exact) mass is 240 g/mol. The van der Waals surface area contributed by atoms with Crippen molar-refractivity contribution in [1.82, 2.24) is 15.1 Å². The highest BCUT2D eigenvalue weighted by atomic mass is 16.5. The summed E-state index contributed by atoms with van der Waals surface area (Å²) >= 11 is 0. The number of nitrogens with two attached hydrogens (primary N) is 1. The van der Waals surface area contributed by atoms with Crippen LogP contribution in [0.25, 0.3) is 0 Å². The molecule has 6 heteroatoms. The number of ether oxygens (including phenoxy) is 1. The van der Waals surface area contributed by atoms with Crippen molar-refractivity contribution in [2.24, 2.45) is 12.8 Å². The summed E-state index contributed by atoms with van der Waals surface area (Å²) in [5, 5.41) is 7.58. The van der Waals surface area contributed by atoms with Gasteiger partial charge in [-0.3, -0.25) is 9.48 Å². The maximum atomic E-state index is 10.4. The fourth-order valence-corrected chi connectivity index (χ4v) is 1.57. The number of rotatable bonds is 8. The number of carbonyl (C=O) groups is 1. The van der Waals surface area contributed by atoms with Gasteiger partial charge in [-0.05, 0) is 6.42 Å². The van der Waals surface area contributed by atoms with E-state index in [2.05, 4.69) is 17.3 Å². The van der Waals surface area contributed by atoms with Crippen LogP contribution in [0.5, 0.6) is 0 Å². The largest absolute Gasteiger partial charge is 0.370 e. The Bertz CT molecular complexity index is 362. The zero-order chi connectivity index (χ0) is 12.7. The van der Waals surface area contributed by atoms with Crippen LogP contribution >= 0.6 is 0 Å². The molecule has 3 N–H and O–H groups in total. The Morgan fingerprint density at radius 1 is 1.65 bits per heavy atom. The molecule has 1 heterocycles. The Kier molecular flexibility index (Phi) is 5.65. The van der Waals surface area contributed by atoms with Crippen molar-refractivity contribution < 1.29 is 9.53 Å². The lowest BCUT2D eigenvalue weighted by molar-refractivity contribution is -0.122. The van der Waals surface area contributed by atoms with E-state index in [1.807, 2.05) is 17.9 Å². The zero-order valence-corrected chi connectivity index (χ0v) is 10.4. The minimum atomic E-state index is -0.439. The Labute approximate surface area is 101 Å². The van der Waals surface area contributed by atoms with Gasteiger partial charge in [-0.15, -0.1) is 0 Å². The van der Waals surface area contributed by atoms with Gasteiger partial charge in [0.15, 0.2) is 0 Å². The van der Waals surface area contributed by atoms with Gasteiger partial charge in [0.2, 0.25) is 5.91 Å². The van der Waals surface area contributed by atoms with Crippen molar-refractivity contribution in [3.63, 3.8) is 0 Å². The third kappa shape index (κ3) is 4.97. The van der Waals surface area contributed by atoms with E-state index >= 15 is 0 Å². The van der Waals surface area contributed by atoms with Crippen molar-refractivity contribution in [1.29, 1.82) is 0 Å². The molecule has 0 saturated carbocycles. The van der Waals surface area contributed by atoms with Gasteiger partial charge in [-0.2, -0.15) is 5.10 Å². The molecule has 0 fully saturated rings. The van der Waals surface area contributed by atoms with Crippen molar-refractivity contribution in [3.05, 3.63) is 17.5 Å². The molecule has 1 rings (SSSR count). The van der Waals surface area contributed by atoms with Gasteiger partial charge < -0.3 is 15.8 Å². The van der Waals surface area contributed by atoms with Crippen LogP contribution in [-0.2, 0) is 29.5 Å². The highest BCUT2D eigenvalue weighted by molar-refractivity contribution is 5.74. The van der Waals surface area contributed by atoms with E-state index in [9.17, 15) is 4.79 Å². The number of amides is 1. The summed E-state index contributed by atoms with van der Waals surface area (Å²) in [6.45, 7) is 3.99.